The molecular formula is C14H22ClN3. The maximum Gasteiger partial charge on any atom is 0.0558 e. The van der Waals surface area contributed by atoms with Gasteiger partial charge in [0.15, 0.2) is 0 Å². The van der Waals surface area contributed by atoms with Crippen LogP contribution in [0.2, 0.25) is 5.02 Å². The van der Waals surface area contributed by atoms with Crippen LogP contribution in [0.25, 0.3) is 0 Å². The van der Waals surface area contributed by atoms with Gasteiger partial charge < -0.3 is 4.90 Å². The molecule has 0 radical (unpaired) electrons. The Morgan fingerprint density at radius 2 is 2.06 bits per heavy atom. The minimum absolute atomic E-state index is 0.368. The molecule has 0 unspecified atom stereocenters. The van der Waals surface area contributed by atoms with Gasteiger partial charge in [0.25, 0.3) is 0 Å². The highest BCUT2D eigenvalue weighted by Crippen LogP contribution is 2.36. The molecule has 0 aromatic carbocycles. The molecule has 4 heteroatoms. The van der Waals surface area contributed by atoms with Crippen molar-refractivity contribution in [1.82, 2.24) is 14.8 Å². The van der Waals surface area contributed by atoms with Crippen LogP contribution in [0.4, 0.5) is 0 Å². The summed E-state index contributed by atoms with van der Waals surface area (Å²) in [5, 5.41) is 0.763. The maximum atomic E-state index is 5.98. The maximum absolute atomic E-state index is 5.98. The van der Waals surface area contributed by atoms with Gasteiger partial charge in [-0.1, -0.05) is 11.6 Å². The number of rotatable bonds is 5. The number of halogens is 1. The summed E-state index contributed by atoms with van der Waals surface area (Å²) in [7, 11) is 6.53. The van der Waals surface area contributed by atoms with Gasteiger partial charge in [-0.3, -0.25) is 9.88 Å². The minimum atomic E-state index is 0.368. The summed E-state index contributed by atoms with van der Waals surface area (Å²) >= 11 is 5.98. The quantitative estimate of drug-likeness (QED) is 0.818. The number of likely N-dealkylation sites (N-methyl/N-ethyl adjacent to an activating group) is 2. The lowest BCUT2D eigenvalue weighted by molar-refractivity contribution is 0.0256. The van der Waals surface area contributed by atoms with E-state index in [0.717, 1.165) is 23.8 Å². The zero-order chi connectivity index (χ0) is 13.2. The third kappa shape index (κ3) is 3.02. The van der Waals surface area contributed by atoms with Gasteiger partial charge in [0, 0.05) is 29.8 Å². The fourth-order valence-electron chi connectivity index (χ4n) is 2.70. The largest absolute Gasteiger partial charge is 0.302 e. The second-order valence-electron chi connectivity index (χ2n) is 5.61. The summed E-state index contributed by atoms with van der Waals surface area (Å²) in [4.78, 5) is 9.08. The highest BCUT2D eigenvalue weighted by atomic mass is 35.5. The van der Waals surface area contributed by atoms with Crippen LogP contribution < -0.4 is 0 Å². The lowest BCUT2D eigenvalue weighted by Gasteiger charge is -2.49. The fourth-order valence-corrected chi connectivity index (χ4v) is 2.88. The highest BCUT2D eigenvalue weighted by Gasteiger charge is 2.39. The van der Waals surface area contributed by atoms with Crippen molar-refractivity contribution in [2.75, 3.05) is 27.7 Å². The van der Waals surface area contributed by atoms with Crippen molar-refractivity contribution in [3.05, 3.63) is 29.0 Å². The van der Waals surface area contributed by atoms with Gasteiger partial charge >= 0.3 is 0 Å². The summed E-state index contributed by atoms with van der Waals surface area (Å²) in [5.41, 5.74) is 1.41. The molecule has 0 bridgehead atoms. The lowest BCUT2D eigenvalue weighted by atomic mass is 9.75. The van der Waals surface area contributed by atoms with E-state index in [9.17, 15) is 0 Å². The standard InChI is InChI=1S/C14H22ClN3/c1-17(2)14(6-4-7-14)11-18(3)10-13-9-12(15)5-8-16-13/h5,8-9H,4,6-7,10-11H2,1-3H3. The topological polar surface area (TPSA) is 19.4 Å². The summed E-state index contributed by atoms with van der Waals surface area (Å²) in [6.45, 7) is 1.95. The molecule has 1 aliphatic carbocycles. The van der Waals surface area contributed by atoms with Crippen LogP contribution >= 0.6 is 11.6 Å². The van der Waals surface area contributed by atoms with Crippen LogP contribution in [-0.2, 0) is 6.54 Å². The van der Waals surface area contributed by atoms with Gasteiger partial charge in [-0.05, 0) is 52.5 Å². The average Bonchev–Trinajstić information content (AvgIpc) is 2.23. The molecule has 0 saturated heterocycles. The van der Waals surface area contributed by atoms with Gasteiger partial charge in [-0.2, -0.15) is 0 Å². The Bertz CT molecular complexity index is 402. The molecule has 0 N–H and O–H groups in total. The molecule has 0 amide bonds. The molecule has 2 rings (SSSR count). The molecule has 0 spiro atoms. The smallest absolute Gasteiger partial charge is 0.0558 e. The Morgan fingerprint density at radius 3 is 2.56 bits per heavy atom. The molecule has 1 aromatic rings. The Labute approximate surface area is 115 Å². The molecule has 1 aromatic heterocycles. The molecule has 18 heavy (non-hydrogen) atoms. The Kier molecular flexibility index (Phi) is 4.25. The third-order valence-corrected chi connectivity index (χ3v) is 4.24. The predicted octanol–water partition coefficient (Wildman–Crippen LogP) is 2.65. The molecule has 1 aliphatic rings. The van der Waals surface area contributed by atoms with Crippen molar-refractivity contribution in [3.63, 3.8) is 0 Å². The summed E-state index contributed by atoms with van der Waals surface area (Å²) in [5.74, 6) is 0. The number of nitrogens with zero attached hydrogens (tertiary/aromatic N) is 3. The molecule has 0 atom stereocenters. The molecule has 1 saturated carbocycles. The SMILES string of the molecule is CN(Cc1cc(Cl)ccn1)CC1(N(C)C)CCC1. The Hall–Kier alpha value is -0.640. The average molecular weight is 268 g/mol. The van der Waals surface area contributed by atoms with Gasteiger partial charge in [-0.15, -0.1) is 0 Å². The summed E-state index contributed by atoms with van der Waals surface area (Å²) < 4.78 is 0. The van der Waals surface area contributed by atoms with Crippen molar-refractivity contribution in [3.8, 4) is 0 Å². The first kappa shape index (κ1) is 13.8. The van der Waals surface area contributed by atoms with Gasteiger partial charge in [0.05, 0.1) is 5.69 Å². The van der Waals surface area contributed by atoms with E-state index >= 15 is 0 Å². The Balaban J connectivity index is 1.94. The van der Waals surface area contributed by atoms with Crippen molar-refractivity contribution < 1.29 is 0 Å². The lowest BCUT2D eigenvalue weighted by Crippen LogP contribution is -2.56. The van der Waals surface area contributed by atoms with Crippen LogP contribution in [0.1, 0.15) is 25.0 Å². The van der Waals surface area contributed by atoms with E-state index in [1.807, 2.05) is 12.1 Å². The highest BCUT2D eigenvalue weighted by molar-refractivity contribution is 6.30. The predicted molar refractivity (Wildman–Crippen MR) is 75.9 cm³/mol. The zero-order valence-corrected chi connectivity index (χ0v) is 12.2. The van der Waals surface area contributed by atoms with E-state index < -0.39 is 0 Å². The first-order valence-corrected chi connectivity index (χ1v) is 6.86. The van der Waals surface area contributed by atoms with Gasteiger partial charge in [-0.25, -0.2) is 0 Å². The van der Waals surface area contributed by atoms with Crippen LogP contribution in [0.15, 0.2) is 18.3 Å². The second kappa shape index (κ2) is 5.55. The second-order valence-corrected chi connectivity index (χ2v) is 6.05. The molecule has 1 fully saturated rings. The van der Waals surface area contributed by atoms with E-state index in [4.69, 9.17) is 11.6 Å². The molecule has 0 aliphatic heterocycles. The van der Waals surface area contributed by atoms with E-state index in [1.54, 1.807) is 6.20 Å². The van der Waals surface area contributed by atoms with Crippen molar-refractivity contribution in [2.45, 2.75) is 31.3 Å². The summed E-state index contributed by atoms with van der Waals surface area (Å²) in [6.07, 6.45) is 5.72. The number of hydrogen-bond donors (Lipinski definition) is 0. The summed E-state index contributed by atoms with van der Waals surface area (Å²) in [6, 6.07) is 3.76. The fraction of sp³-hybridized carbons (Fsp3) is 0.643. The Morgan fingerprint density at radius 1 is 1.33 bits per heavy atom. The van der Waals surface area contributed by atoms with E-state index in [-0.39, 0.29) is 0 Å². The third-order valence-electron chi connectivity index (χ3n) is 4.01. The van der Waals surface area contributed by atoms with Gasteiger partial charge in [0.2, 0.25) is 0 Å². The molecule has 3 nitrogen and oxygen atoms in total. The minimum Gasteiger partial charge on any atom is -0.302 e. The van der Waals surface area contributed by atoms with Crippen LogP contribution in [0.3, 0.4) is 0 Å². The van der Waals surface area contributed by atoms with Gasteiger partial charge in [0.1, 0.15) is 0 Å². The number of pyridine rings is 1. The van der Waals surface area contributed by atoms with E-state index in [2.05, 4.69) is 35.9 Å². The normalized spacial score (nSPS) is 18.1. The van der Waals surface area contributed by atoms with Crippen LogP contribution in [-0.4, -0.2) is 48.0 Å². The number of aromatic nitrogens is 1. The van der Waals surface area contributed by atoms with Crippen molar-refractivity contribution >= 4 is 11.6 Å². The van der Waals surface area contributed by atoms with Crippen molar-refractivity contribution in [1.29, 1.82) is 0 Å². The first-order valence-electron chi connectivity index (χ1n) is 6.48. The molecule has 100 valence electrons. The molecular weight excluding hydrogens is 246 g/mol. The van der Waals surface area contributed by atoms with E-state index in [1.165, 1.54) is 19.3 Å². The first-order chi connectivity index (χ1) is 8.52. The molecule has 1 heterocycles. The monoisotopic (exact) mass is 267 g/mol. The van der Waals surface area contributed by atoms with Crippen molar-refractivity contribution in [2.24, 2.45) is 0 Å². The van der Waals surface area contributed by atoms with E-state index in [0.29, 0.717) is 5.54 Å². The van der Waals surface area contributed by atoms with Crippen LogP contribution in [0, 0.1) is 0 Å². The zero-order valence-electron chi connectivity index (χ0n) is 11.5. The van der Waals surface area contributed by atoms with Crippen LogP contribution in [0.5, 0.6) is 0 Å². The number of hydrogen-bond acceptors (Lipinski definition) is 3.